The van der Waals surface area contributed by atoms with Crippen molar-refractivity contribution in [1.82, 2.24) is 4.90 Å². The third-order valence-electron chi connectivity index (χ3n) is 3.93. The van der Waals surface area contributed by atoms with Gasteiger partial charge in [-0.3, -0.25) is 4.79 Å². The van der Waals surface area contributed by atoms with Gasteiger partial charge in [0.05, 0.1) is 0 Å². The number of carbonyl (C=O) groups is 1. The van der Waals surface area contributed by atoms with E-state index in [9.17, 15) is 4.79 Å². The Hall–Kier alpha value is -1.51. The second-order valence-corrected chi connectivity index (χ2v) is 6.11. The maximum Gasteiger partial charge on any atom is 0.223 e. The van der Waals surface area contributed by atoms with Crippen molar-refractivity contribution in [2.75, 3.05) is 12.3 Å². The van der Waals surface area contributed by atoms with Gasteiger partial charge in [-0.15, -0.1) is 0 Å². The lowest BCUT2D eigenvalue weighted by molar-refractivity contribution is -0.134. The summed E-state index contributed by atoms with van der Waals surface area (Å²) >= 11 is 0. The zero-order chi connectivity index (χ0) is 15.8. The van der Waals surface area contributed by atoms with Crippen LogP contribution < -0.4 is 5.73 Å². The smallest absolute Gasteiger partial charge is 0.223 e. The first-order valence-electron chi connectivity index (χ1n) is 8.12. The summed E-state index contributed by atoms with van der Waals surface area (Å²) in [7, 11) is 0. The molecule has 2 N–H and O–H groups in total. The summed E-state index contributed by atoms with van der Waals surface area (Å²) in [4.78, 5) is 14.7. The van der Waals surface area contributed by atoms with Gasteiger partial charge in [-0.05, 0) is 36.8 Å². The molecule has 0 aliphatic rings. The highest BCUT2D eigenvalue weighted by Gasteiger charge is 2.21. The lowest BCUT2D eigenvalue weighted by Crippen LogP contribution is -2.42. The number of aryl methyl sites for hydroxylation is 1. The normalized spacial score (nSPS) is 11.1. The minimum atomic E-state index is 0.251. The van der Waals surface area contributed by atoms with Gasteiger partial charge in [0.15, 0.2) is 0 Å². The molecule has 118 valence electrons. The molecule has 0 saturated carbocycles. The maximum absolute atomic E-state index is 12.6. The Morgan fingerprint density at radius 2 is 1.81 bits per heavy atom. The highest BCUT2D eigenvalue weighted by Crippen LogP contribution is 2.17. The summed E-state index contributed by atoms with van der Waals surface area (Å²) in [6.07, 6.45) is 3.29. The topological polar surface area (TPSA) is 46.3 Å². The van der Waals surface area contributed by atoms with E-state index in [0.29, 0.717) is 18.4 Å². The summed E-state index contributed by atoms with van der Waals surface area (Å²) in [5.41, 5.74) is 7.80. The number of carbonyl (C=O) groups excluding carboxylic acids is 1. The number of para-hydroxylation sites is 1. The van der Waals surface area contributed by atoms with Gasteiger partial charge in [0, 0.05) is 24.7 Å². The van der Waals surface area contributed by atoms with Gasteiger partial charge in [-0.2, -0.15) is 0 Å². The summed E-state index contributed by atoms with van der Waals surface area (Å²) in [5, 5.41) is 0. The van der Waals surface area contributed by atoms with Crippen molar-refractivity contribution in [1.29, 1.82) is 0 Å². The number of nitrogen functional groups attached to an aromatic ring is 1. The van der Waals surface area contributed by atoms with E-state index in [2.05, 4.69) is 32.6 Å². The SMILES string of the molecule is CCC(CC)N(CC(C)C)C(=O)CCc1ccccc1N. The quantitative estimate of drug-likeness (QED) is 0.739. The molecular weight excluding hydrogens is 260 g/mol. The Labute approximate surface area is 129 Å². The van der Waals surface area contributed by atoms with Crippen molar-refractivity contribution in [3.63, 3.8) is 0 Å². The number of nitrogens with two attached hydrogens (primary N) is 1. The highest BCUT2D eigenvalue weighted by atomic mass is 16.2. The number of hydrogen-bond acceptors (Lipinski definition) is 2. The molecule has 1 amide bonds. The highest BCUT2D eigenvalue weighted by molar-refractivity contribution is 5.77. The molecule has 0 aliphatic carbocycles. The number of benzene rings is 1. The van der Waals surface area contributed by atoms with Crippen molar-refractivity contribution in [2.45, 2.75) is 59.4 Å². The fourth-order valence-electron chi connectivity index (χ4n) is 2.72. The fraction of sp³-hybridized carbons (Fsp3) is 0.611. The standard InChI is InChI=1S/C18H30N2O/c1-5-16(6-2)20(13-14(3)4)18(21)12-11-15-9-7-8-10-17(15)19/h7-10,14,16H,5-6,11-13,19H2,1-4H3. The van der Waals surface area contributed by atoms with Gasteiger partial charge >= 0.3 is 0 Å². The second-order valence-electron chi connectivity index (χ2n) is 6.11. The molecule has 0 unspecified atom stereocenters. The van der Waals surface area contributed by atoms with Crippen molar-refractivity contribution >= 4 is 11.6 Å². The number of amides is 1. The van der Waals surface area contributed by atoms with E-state index in [1.54, 1.807) is 0 Å². The first-order chi connectivity index (χ1) is 9.99. The van der Waals surface area contributed by atoms with Crippen LogP contribution in [0.4, 0.5) is 5.69 Å². The average molecular weight is 290 g/mol. The number of anilines is 1. The summed E-state index contributed by atoms with van der Waals surface area (Å²) in [6.45, 7) is 9.49. The van der Waals surface area contributed by atoms with Crippen LogP contribution in [0.1, 0.15) is 52.5 Å². The Kier molecular flexibility index (Phi) is 7.27. The molecule has 1 rings (SSSR count). The largest absolute Gasteiger partial charge is 0.399 e. The lowest BCUT2D eigenvalue weighted by atomic mass is 10.0. The maximum atomic E-state index is 12.6. The van der Waals surface area contributed by atoms with Gasteiger partial charge in [0.2, 0.25) is 5.91 Å². The first-order valence-corrected chi connectivity index (χ1v) is 8.12. The van der Waals surface area contributed by atoms with Crippen LogP contribution in [0.5, 0.6) is 0 Å². The number of rotatable bonds is 8. The van der Waals surface area contributed by atoms with Crippen molar-refractivity contribution in [3.05, 3.63) is 29.8 Å². The van der Waals surface area contributed by atoms with E-state index in [4.69, 9.17) is 5.73 Å². The fourth-order valence-corrected chi connectivity index (χ4v) is 2.72. The van der Waals surface area contributed by atoms with Crippen LogP contribution in [-0.4, -0.2) is 23.4 Å². The molecule has 21 heavy (non-hydrogen) atoms. The van der Waals surface area contributed by atoms with Gasteiger partial charge in [0.1, 0.15) is 0 Å². The van der Waals surface area contributed by atoms with Gasteiger partial charge in [-0.1, -0.05) is 45.9 Å². The van der Waals surface area contributed by atoms with Gasteiger partial charge in [0.25, 0.3) is 0 Å². The first kappa shape index (κ1) is 17.5. The molecule has 0 aromatic heterocycles. The molecular formula is C18H30N2O. The predicted molar refractivity (Wildman–Crippen MR) is 90.1 cm³/mol. The summed E-state index contributed by atoms with van der Waals surface area (Å²) < 4.78 is 0. The number of nitrogens with zero attached hydrogens (tertiary/aromatic N) is 1. The van der Waals surface area contributed by atoms with Gasteiger partial charge in [-0.25, -0.2) is 0 Å². The van der Waals surface area contributed by atoms with Crippen LogP contribution in [0.15, 0.2) is 24.3 Å². The molecule has 0 saturated heterocycles. The molecule has 0 aliphatic heterocycles. The average Bonchev–Trinajstić information content (AvgIpc) is 2.46. The molecule has 1 aromatic carbocycles. The van der Waals surface area contributed by atoms with Gasteiger partial charge < -0.3 is 10.6 Å². The molecule has 0 radical (unpaired) electrons. The third-order valence-corrected chi connectivity index (χ3v) is 3.93. The van der Waals surface area contributed by atoms with Crippen molar-refractivity contribution in [3.8, 4) is 0 Å². The molecule has 0 atom stereocenters. The van der Waals surface area contributed by atoms with Crippen molar-refractivity contribution < 1.29 is 4.79 Å². The summed E-state index contributed by atoms with van der Waals surface area (Å²) in [5.74, 6) is 0.747. The van der Waals surface area contributed by atoms with Crippen LogP contribution in [0.25, 0.3) is 0 Å². The van der Waals surface area contributed by atoms with E-state index in [1.807, 2.05) is 24.3 Å². The molecule has 3 heteroatoms. The molecule has 0 spiro atoms. The van der Waals surface area contributed by atoms with Crippen LogP contribution in [0.3, 0.4) is 0 Å². The van der Waals surface area contributed by atoms with E-state index >= 15 is 0 Å². The zero-order valence-corrected chi connectivity index (χ0v) is 13.9. The monoisotopic (exact) mass is 290 g/mol. The molecule has 0 fully saturated rings. The molecule has 1 aromatic rings. The molecule has 0 bridgehead atoms. The summed E-state index contributed by atoms with van der Waals surface area (Å²) in [6, 6.07) is 8.16. The minimum Gasteiger partial charge on any atom is -0.399 e. The zero-order valence-electron chi connectivity index (χ0n) is 13.9. The van der Waals surface area contributed by atoms with Crippen molar-refractivity contribution in [2.24, 2.45) is 5.92 Å². The van der Waals surface area contributed by atoms with Crippen LogP contribution in [-0.2, 0) is 11.2 Å². The third kappa shape index (κ3) is 5.41. The molecule has 0 heterocycles. The second kappa shape index (κ2) is 8.71. The van der Waals surface area contributed by atoms with E-state index in [0.717, 1.165) is 37.1 Å². The van der Waals surface area contributed by atoms with Crippen LogP contribution in [0, 0.1) is 5.92 Å². The molecule has 3 nitrogen and oxygen atoms in total. The van der Waals surface area contributed by atoms with Crippen LogP contribution >= 0.6 is 0 Å². The van der Waals surface area contributed by atoms with E-state index in [1.165, 1.54) is 0 Å². The lowest BCUT2D eigenvalue weighted by Gasteiger charge is -2.32. The Balaban J connectivity index is 2.70. The number of hydrogen-bond donors (Lipinski definition) is 1. The van der Waals surface area contributed by atoms with E-state index in [-0.39, 0.29) is 5.91 Å². The van der Waals surface area contributed by atoms with Crippen LogP contribution in [0.2, 0.25) is 0 Å². The van der Waals surface area contributed by atoms with E-state index < -0.39 is 0 Å². The Morgan fingerprint density at radius 3 is 2.33 bits per heavy atom. The Morgan fingerprint density at radius 1 is 1.19 bits per heavy atom. The Bertz CT molecular complexity index is 439. The minimum absolute atomic E-state index is 0.251. The predicted octanol–water partition coefficient (Wildman–Crippen LogP) is 3.87.